The van der Waals surface area contributed by atoms with Gasteiger partial charge in [-0.2, -0.15) is 0 Å². The van der Waals surface area contributed by atoms with Gasteiger partial charge >= 0.3 is 0 Å². The zero-order valence-electron chi connectivity index (χ0n) is 11.9. The van der Waals surface area contributed by atoms with E-state index >= 15 is 0 Å². The maximum atomic E-state index is 5.68. The van der Waals surface area contributed by atoms with E-state index in [9.17, 15) is 0 Å². The number of hydrogen-bond acceptors (Lipinski definition) is 4. The maximum Gasteiger partial charge on any atom is 0.137 e. The molecule has 18 heavy (non-hydrogen) atoms. The SMILES string of the molecule is CCN(CC)CCOc1ccc(C(C)NC)nc1. The maximum absolute atomic E-state index is 5.68. The van der Waals surface area contributed by atoms with Gasteiger partial charge in [0.25, 0.3) is 0 Å². The summed E-state index contributed by atoms with van der Waals surface area (Å²) in [6.45, 7) is 10.2. The van der Waals surface area contributed by atoms with Gasteiger partial charge in [0.05, 0.1) is 11.9 Å². The van der Waals surface area contributed by atoms with Crippen LogP contribution in [0.2, 0.25) is 0 Å². The minimum Gasteiger partial charge on any atom is -0.491 e. The van der Waals surface area contributed by atoms with Crippen LogP contribution in [0, 0.1) is 0 Å². The Morgan fingerprint density at radius 1 is 1.33 bits per heavy atom. The minimum absolute atomic E-state index is 0.273. The summed E-state index contributed by atoms with van der Waals surface area (Å²) in [6, 6.07) is 4.27. The summed E-state index contributed by atoms with van der Waals surface area (Å²) in [5, 5.41) is 3.16. The Kier molecular flexibility index (Phi) is 6.68. The second kappa shape index (κ2) is 8.06. The molecule has 0 bridgehead atoms. The fraction of sp³-hybridized carbons (Fsp3) is 0.643. The van der Waals surface area contributed by atoms with Crippen molar-refractivity contribution in [3.63, 3.8) is 0 Å². The summed E-state index contributed by atoms with van der Waals surface area (Å²) in [7, 11) is 1.93. The Morgan fingerprint density at radius 3 is 2.56 bits per heavy atom. The highest BCUT2D eigenvalue weighted by atomic mass is 16.5. The van der Waals surface area contributed by atoms with Crippen molar-refractivity contribution in [2.75, 3.05) is 33.3 Å². The van der Waals surface area contributed by atoms with Crippen LogP contribution in [-0.2, 0) is 0 Å². The van der Waals surface area contributed by atoms with E-state index in [4.69, 9.17) is 4.74 Å². The lowest BCUT2D eigenvalue weighted by molar-refractivity contribution is 0.222. The molecule has 0 amide bonds. The first kappa shape index (κ1) is 14.9. The molecule has 0 saturated heterocycles. The zero-order chi connectivity index (χ0) is 13.4. The Balaban J connectivity index is 2.39. The molecule has 1 unspecified atom stereocenters. The topological polar surface area (TPSA) is 37.4 Å². The number of rotatable bonds is 8. The average Bonchev–Trinajstić information content (AvgIpc) is 2.43. The highest BCUT2D eigenvalue weighted by Crippen LogP contribution is 2.13. The second-order valence-corrected chi connectivity index (χ2v) is 4.30. The van der Waals surface area contributed by atoms with E-state index in [-0.39, 0.29) is 6.04 Å². The third-order valence-electron chi connectivity index (χ3n) is 3.21. The molecule has 0 aromatic carbocycles. The molecule has 0 radical (unpaired) electrons. The predicted molar refractivity (Wildman–Crippen MR) is 75.0 cm³/mol. The van der Waals surface area contributed by atoms with E-state index in [2.05, 4.69) is 36.0 Å². The van der Waals surface area contributed by atoms with Crippen molar-refractivity contribution in [1.29, 1.82) is 0 Å². The van der Waals surface area contributed by atoms with Crippen molar-refractivity contribution < 1.29 is 4.74 Å². The monoisotopic (exact) mass is 251 g/mol. The van der Waals surface area contributed by atoms with Gasteiger partial charge < -0.3 is 15.0 Å². The number of hydrogen-bond donors (Lipinski definition) is 1. The van der Waals surface area contributed by atoms with Gasteiger partial charge in [-0.3, -0.25) is 4.98 Å². The summed E-state index contributed by atoms with van der Waals surface area (Å²) in [5.41, 5.74) is 1.04. The molecule has 0 spiro atoms. The van der Waals surface area contributed by atoms with Crippen LogP contribution in [0.25, 0.3) is 0 Å². The molecule has 0 fully saturated rings. The van der Waals surface area contributed by atoms with Crippen molar-refractivity contribution in [2.24, 2.45) is 0 Å². The molecule has 0 aliphatic carbocycles. The molecule has 0 aliphatic rings. The molecule has 1 N–H and O–H groups in total. The van der Waals surface area contributed by atoms with Gasteiger partial charge in [0.1, 0.15) is 12.4 Å². The van der Waals surface area contributed by atoms with Crippen LogP contribution in [0.15, 0.2) is 18.3 Å². The number of aromatic nitrogens is 1. The van der Waals surface area contributed by atoms with Crippen LogP contribution in [0.4, 0.5) is 0 Å². The van der Waals surface area contributed by atoms with Crippen molar-refractivity contribution in [3.05, 3.63) is 24.0 Å². The van der Waals surface area contributed by atoms with Crippen LogP contribution in [0.3, 0.4) is 0 Å². The lowest BCUT2D eigenvalue weighted by Gasteiger charge is -2.18. The third kappa shape index (κ3) is 4.63. The molecule has 1 rings (SSSR count). The van der Waals surface area contributed by atoms with Gasteiger partial charge in [0.2, 0.25) is 0 Å². The lowest BCUT2D eigenvalue weighted by Crippen LogP contribution is -2.27. The molecule has 1 aromatic heterocycles. The van der Waals surface area contributed by atoms with Crippen LogP contribution in [-0.4, -0.2) is 43.2 Å². The first-order valence-corrected chi connectivity index (χ1v) is 6.69. The van der Waals surface area contributed by atoms with E-state index in [1.165, 1.54) is 0 Å². The Labute approximate surface area is 110 Å². The normalized spacial score (nSPS) is 12.7. The number of pyridine rings is 1. The van der Waals surface area contributed by atoms with E-state index in [1.54, 1.807) is 6.20 Å². The lowest BCUT2D eigenvalue weighted by atomic mass is 10.2. The smallest absolute Gasteiger partial charge is 0.137 e. The largest absolute Gasteiger partial charge is 0.491 e. The van der Waals surface area contributed by atoms with Crippen LogP contribution < -0.4 is 10.1 Å². The first-order chi connectivity index (χ1) is 8.71. The molecule has 4 heteroatoms. The molecular formula is C14H25N3O. The summed E-state index contributed by atoms with van der Waals surface area (Å²) >= 11 is 0. The van der Waals surface area contributed by atoms with Crippen molar-refractivity contribution >= 4 is 0 Å². The second-order valence-electron chi connectivity index (χ2n) is 4.30. The highest BCUT2D eigenvalue weighted by Gasteiger charge is 2.04. The molecule has 1 atom stereocenters. The van der Waals surface area contributed by atoms with Gasteiger partial charge in [-0.1, -0.05) is 13.8 Å². The quantitative estimate of drug-likeness (QED) is 0.767. The van der Waals surface area contributed by atoms with E-state index in [1.807, 2.05) is 19.2 Å². The Bertz CT molecular complexity index is 322. The zero-order valence-corrected chi connectivity index (χ0v) is 11.9. The highest BCUT2D eigenvalue weighted by molar-refractivity contribution is 5.21. The van der Waals surface area contributed by atoms with Crippen LogP contribution >= 0.6 is 0 Å². The third-order valence-corrected chi connectivity index (χ3v) is 3.21. The van der Waals surface area contributed by atoms with Gasteiger partial charge in [0, 0.05) is 12.6 Å². The van der Waals surface area contributed by atoms with E-state index in [0.29, 0.717) is 6.61 Å². The molecular weight excluding hydrogens is 226 g/mol. The first-order valence-electron chi connectivity index (χ1n) is 6.69. The minimum atomic E-state index is 0.273. The number of nitrogens with zero attached hydrogens (tertiary/aromatic N) is 2. The summed E-state index contributed by atoms with van der Waals surface area (Å²) in [6.07, 6.45) is 1.80. The number of likely N-dealkylation sites (N-methyl/N-ethyl adjacent to an activating group) is 1. The Hall–Kier alpha value is -1.13. The van der Waals surface area contributed by atoms with Crippen molar-refractivity contribution in [3.8, 4) is 5.75 Å². The molecule has 4 nitrogen and oxygen atoms in total. The fourth-order valence-corrected chi connectivity index (χ4v) is 1.71. The standard InChI is InChI=1S/C14H25N3O/c1-5-17(6-2)9-10-18-13-7-8-14(16-11-13)12(3)15-4/h7-8,11-12,15H,5-6,9-10H2,1-4H3. The predicted octanol–water partition coefficient (Wildman–Crippen LogP) is 2.08. The molecule has 0 aliphatic heterocycles. The number of nitrogens with one attached hydrogen (secondary N) is 1. The van der Waals surface area contributed by atoms with Gasteiger partial charge in [-0.15, -0.1) is 0 Å². The van der Waals surface area contributed by atoms with Gasteiger partial charge in [-0.25, -0.2) is 0 Å². The summed E-state index contributed by atoms with van der Waals surface area (Å²) in [4.78, 5) is 6.72. The van der Waals surface area contributed by atoms with Crippen molar-refractivity contribution in [1.82, 2.24) is 15.2 Å². The Morgan fingerprint density at radius 2 is 2.06 bits per heavy atom. The fourth-order valence-electron chi connectivity index (χ4n) is 1.71. The van der Waals surface area contributed by atoms with Gasteiger partial charge in [0.15, 0.2) is 0 Å². The molecule has 0 saturated carbocycles. The molecule has 1 aromatic rings. The van der Waals surface area contributed by atoms with Crippen LogP contribution in [0.5, 0.6) is 5.75 Å². The molecule has 102 valence electrons. The summed E-state index contributed by atoms with van der Waals surface area (Å²) < 4.78 is 5.68. The van der Waals surface area contributed by atoms with Crippen molar-refractivity contribution in [2.45, 2.75) is 26.8 Å². The van der Waals surface area contributed by atoms with E-state index in [0.717, 1.165) is 31.1 Å². The van der Waals surface area contributed by atoms with Gasteiger partial charge in [-0.05, 0) is 39.2 Å². The summed E-state index contributed by atoms with van der Waals surface area (Å²) in [5.74, 6) is 0.842. The average molecular weight is 251 g/mol. The molecule has 1 heterocycles. The number of ether oxygens (including phenoxy) is 1. The van der Waals surface area contributed by atoms with Crippen LogP contribution in [0.1, 0.15) is 32.5 Å². The van der Waals surface area contributed by atoms with E-state index < -0.39 is 0 Å².